The van der Waals surface area contributed by atoms with Gasteiger partial charge in [0.25, 0.3) is 15.6 Å². The molecule has 0 aliphatic carbocycles. The second-order valence-corrected chi connectivity index (χ2v) is 11.4. The number of hydrogen-bond acceptors (Lipinski definition) is 7. The molecule has 0 amide bonds. The Morgan fingerprint density at radius 2 is 1.71 bits per heavy atom. The van der Waals surface area contributed by atoms with Gasteiger partial charge < -0.3 is 9.88 Å². The second kappa shape index (κ2) is 9.99. The first kappa shape index (κ1) is 25.6. The molecular formula is C27H23BrN6O3S. The highest BCUT2D eigenvalue weighted by atomic mass is 79.9. The van der Waals surface area contributed by atoms with E-state index in [4.69, 9.17) is 0 Å². The zero-order valence-corrected chi connectivity index (χ0v) is 23.1. The molecule has 0 spiro atoms. The first-order valence-electron chi connectivity index (χ1n) is 11.6. The predicted molar refractivity (Wildman–Crippen MR) is 152 cm³/mol. The number of aryl methyl sites for hydroxylation is 2. The van der Waals surface area contributed by atoms with Crippen LogP contribution in [0.5, 0.6) is 0 Å². The molecule has 38 heavy (non-hydrogen) atoms. The number of halogens is 1. The van der Waals surface area contributed by atoms with E-state index in [1.165, 1.54) is 16.7 Å². The average molecular weight is 591 g/mol. The molecular weight excluding hydrogens is 568 g/mol. The normalized spacial score (nSPS) is 11.5. The van der Waals surface area contributed by atoms with Crippen LogP contribution in [0.1, 0.15) is 11.3 Å². The Morgan fingerprint density at radius 1 is 0.921 bits per heavy atom. The first-order chi connectivity index (χ1) is 18.1. The van der Waals surface area contributed by atoms with Crippen LogP contribution in [-0.2, 0) is 17.1 Å². The van der Waals surface area contributed by atoms with Crippen molar-refractivity contribution in [1.29, 1.82) is 0 Å². The molecule has 0 fully saturated rings. The lowest BCUT2D eigenvalue weighted by Gasteiger charge is -2.15. The largest absolute Gasteiger partial charge is 0.323 e. The van der Waals surface area contributed by atoms with Crippen molar-refractivity contribution in [3.8, 4) is 11.3 Å². The van der Waals surface area contributed by atoms with Crippen LogP contribution in [0.2, 0.25) is 0 Å². The Balaban J connectivity index is 1.52. The lowest BCUT2D eigenvalue weighted by molar-refractivity contribution is 0.601. The molecule has 11 heteroatoms. The number of nitrogens with zero attached hydrogens (tertiary/aromatic N) is 4. The van der Waals surface area contributed by atoms with Gasteiger partial charge in [-0.05, 0) is 67.9 Å². The van der Waals surface area contributed by atoms with Gasteiger partial charge in [-0.15, -0.1) is 0 Å². The van der Waals surface area contributed by atoms with Gasteiger partial charge in [0.1, 0.15) is 5.52 Å². The van der Waals surface area contributed by atoms with Gasteiger partial charge in [0.05, 0.1) is 22.5 Å². The Hall–Kier alpha value is -4.09. The quantitative estimate of drug-likeness (QED) is 0.275. The maximum Gasteiger partial charge on any atom is 0.277 e. The van der Waals surface area contributed by atoms with Crippen LogP contribution >= 0.6 is 15.9 Å². The standard InChI is InChI=1S/C27H23BrN6O3S/c1-16-7-9-20(33-38(36,37)22-6-4-5-19(28)12-22)13-23(16)24-11-18-14-30-27(32-25(18)26(35)34(24)3)31-21-10-8-17(2)29-15-21/h4-15,33H,1-3H3,(H,30,31,32). The van der Waals surface area contributed by atoms with Crippen molar-refractivity contribution in [2.75, 3.05) is 10.0 Å². The Labute approximate surface area is 227 Å². The minimum absolute atomic E-state index is 0.134. The van der Waals surface area contributed by atoms with E-state index in [2.05, 4.69) is 40.9 Å². The number of rotatable bonds is 6. The number of pyridine rings is 2. The Kier molecular flexibility index (Phi) is 6.72. The van der Waals surface area contributed by atoms with E-state index in [-0.39, 0.29) is 21.9 Å². The molecule has 0 unspecified atom stereocenters. The van der Waals surface area contributed by atoms with Crippen LogP contribution < -0.4 is 15.6 Å². The van der Waals surface area contributed by atoms with Crippen LogP contribution in [-0.4, -0.2) is 27.9 Å². The summed E-state index contributed by atoms with van der Waals surface area (Å²) in [6.45, 7) is 3.79. The van der Waals surface area contributed by atoms with E-state index in [1.54, 1.807) is 43.7 Å². The minimum Gasteiger partial charge on any atom is -0.323 e. The summed E-state index contributed by atoms with van der Waals surface area (Å²) in [6.07, 6.45) is 3.26. The van der Waals surface area contributed by atoms with Gasteiger partial charge in [0.15, 0.2) is 0 Å². The Morgan fingerprint density at radius 3 is 2.45 bits per heavy atom. The fraction of sp³-hybridized carbons (Fsp3) is 0.111. The van der Waals surface area contributed by atoms with Crippen molar-refractivity contribution in [3.63, 3.8) is 0 Å². The SMILES string of the molecule is Cc1ccc(Nc2ncc3cc(-c4cc(NS(=O)(=O)c5cccc(Br)c5)ccc4C)n(C)c(=O)c3n2)cn1. The molecule has 3 aromatic heterocycles. The number of fused-ring (bicyclic) bond motifs is 1. The summed E-state index contributed by atoms with van der Waals surface area (Å²) in [6, 6.07) is 17.2. The average Bonchev–Trinajstić information content (AvgIpc) is 2.89. The second-order valence-electron chi connectivity index (χ2n) is 8.80. The molecule has 0 saturated heterocycles. The van der Waals surface area contributed by atoms with Gasteiger partial charge >= 0.3 is 0 Å². The predicted octanol–water partition coefficient (Wildman–Crippen LogP) is 5.31. The van der Waals surface area contributed by atoms with Crippen molar-refractivity contribution in [2.45, 2.75) is 18.7 Å². The summed E-state index contributed by atoms with van der Waals surface area (Å²) in [5, 5.41) is 3.64. The third kappa shape index (κ3) is 5.15. The highest BCUT2D eigenvalue weighted by molar-refractivity contribution is 9.10. The van der Waals surface area contributed by atoms with Crippen LogP contribution in [0, 0.1) is 13.8 Å². The zero-order valence-electron chi connectivity index (χ0n) is 20.7. The molecule has 5 aromatic rings. The van der Waals surface area contributed by atoms with Gasteiger partial charge in [-0.1, -0.05) is 28.1 Å². The fourth-order valence-electron chi connectivity index (χ4n) is 3.98. The van der Waals surface area contributed by atoms with E-state index in [0.717, 1.165) is 11.3 Å². The smallest absolute Gasteiger partial charge is 0.277 e. The summed E-state index contributed by atoms with van der Waals surface area (Å²) in [5.74, 6) is 0.285. The summed E-state index contributed by atoms with van der Waals surface area (Å²) >= 11 is 3.31. The number of sulfonamides is 1. The molecule has 9 nitrogen and oxygen atoms in total. The number of anilines is 3. The van der Waals surface area contributed by atoms with Crippen LogP contribution in [0.3, 0.4) is 0 Å². The molecule has 3 heterocycles. The summed E-state index contributed by atoms with van der Waals surface area (Å²) in [7, 11) is -2.15. The maximum atomic E-state index is 13.3. The highest BCUT2D eigenvalue weighted by Crippen LogP contribution is 2.29. The fourth-order valence-corrected chi connectivity index (χ4v) is 5.63. The highest BCUT2D eigenvalue weighted by Gasteiger charge is 2.17. The summed E-state index contributed by atoms with van der Waals surface area (Å²) in [5.41, 5.74) is 4.11. The zero-order chi connectivity index (χ0) is 27.0. The number of hydrogen-bond donors (Lipinski definition) is 2. The summed E-state index contributed by atoms with van der Waals surface area (Å²) in [4.78, 5) is 26.5. The van der Waals surface area contributed by atoms with Crippen molar-refractivity contribution in [1.82, 2.24) is 19.5 Å². The third-order valence-corrected chi connectivity index (χ3v) is 7.89. The maximum absolute atomic E-state index is 13.3. The lowest BCUT2D eigenvalue weighted by Crippen LogP contribution is -2.20. The van der Waals surface area contributed by atoms with Gasteiger partial charge in [-0.2, -0.15) is 0 Å². The van der Waals surface area contributed by atoms with E-state index < -0.39 is 10.0 Å². The van der Waals surface area contributed by atoms with E-state index in [0.29, 0.717) is 32.5 Å². The molecule has 0 atom stereocenters. The van der Waals surface area contributed by atoms with Crippen molar-refractivity contribution < 1.29 is 8.42 Å². The van der Waals surface area contributed by atoms with Crippen molar-refractivity contribution >= 4 is 54.2 Å². The minimum atomic E-state index is -3.81. The lowest BCUT2D eigenvalue weighted by atomic mass is 10.0. The summed E-state index contributed by atoms with van der Waals surface area (Å²) < 4.78 is 30.7. The van der Waals surface area contributed by atoms with Gasteiger partial charge in [0, 0.05) is 40.0 Å². The molecule has 0 aliphatic rings. The van der Waals surface area contributed by atoms with Gasteiger partial charge in [-0.3, -0.25) is 14.5 Å². The molecule has 0 bridgehead atoms. The molecule has 0 radical (unpaired) electrons. The van der Waals surface area contributed by atoms with Gasteiger partial charge in [-0.25, -0.2) is 18.4 Å². The van der Waals surface area contributed by atoms with Crippen molar-refractivity contribution in [2.24, 2.45) is 7.05 Å². The van der Waals surface area contributed by atoms with Crippen molar-refractivity contribution in [3.05, 3.63) is 99.1 Å². The molecule has 5 rings (SSSR count). The number of benzene rings is 2. The molecule has 2 aromatic carbocycles. The third-order valence-electron chi connectivity index (χ3n) is 6.02. The topological polar surface area (TPSA) is 119 Å². The monoisotopic (exact) mass is 590 g/mol. The van der Waals surface area contributed by atoms with Crippen LogP contribution in [0.25, 0.3) is 22.2 Å². The molecule has 192 valence electrons. The number of nitrogens with one attached hydrogen (secondary N) is 2. The van der Waals surface area contributed by atoms with Crippen LogP contribution in [0.15, 0.2) is 87.2 Å². The van der Waals surface area contributed by atoms with E-state index in [9.17, 15) is 13.2 Å². The Bertz CT molecular complexity index is 1850. The van der Waals surface area contributed by atoms with E-state index >= 15 is 0 Å². The molecule has 2 N–H and O–H groups in total. The molecule has 0 saturated carbocycles. The van der Waals surface area contributed by atoms with Gasteiger partial charge in [0.2, 0.25) is 5.95 Å². The first-order valence-corrected chi connectivity index (χ1v) is 13.8. The van der Waals surface area contributed by atoms with Crippen LogP contribution in [0.4, 0.5) is 17.3 Å². The van der Waals surface area contributed by atoms with E-state index in [1.807, 2.05) is 38.1 Å². The number of aromatic nitrogens is 4. The molecule has 0 aliphatic heterocycles.